The van der Waals surface area contributed by atoms with Gasteiger partial charge in [-0.2, -0.15) is 0 Å². The van der Waals surface area contributed by atoms with Crippen LogP contribution in [0.25, 0.3) is 0 Å². The van der Waals surface area contributed by atoms with Crippen molar-refractivity contribution >= 4 is 5.91 Å². The second-order valence-electron chi connectivity index (χ2n) is 6.53. The quantitative estimate of drug-likeness (QED) is 0.869. The van der Waals surface area contributed by atoms with Gasteiger partial charge in [0.25, 0.3) is 11.5 Å². The molecule has 1 aromatic carbocycles. The predicted octanol–water partition coefficient (Wildman–Crippen LogP) is 2.54. The molecule has 1 aliphatic heterocycles. The monoisotopic (exact) mass is 328 g/mol. The predicted molar refractivity (Wildman–Crippen MR) is 90.5 cm³/mol. The maximum Gasteiger partial charge on any atom is 0.263 e. The second kappa shape index (κ2) is 6.59. The van der Waals surface area contributed by atoms with Gasteiger partial charge in [-0.25, -0.2) is 4.39 Å². The van der Waals surface area contributed by atoms with Gasteiger partial charge in [0.2, 0.25) is 0 Å². The first-order valence-electron chi connectivity index (χ1n) is 8.15. The van der Waals surface area contributed by atoms with E-state index in [1.165, 1.54) is 4.57 Å². The number of pyridine rings is 1. The van der Waals surface area contributed by atoms with E-state index < -0.39 is 0 Å². The summed E-state index contributed by atoms with van der Waals surface area (Å²) in [5, 5.41) is 0. The fourth-order valence-electron chi connectivity index (χ4n) is 3.21. The molecule has 2 aromatic rings. The molecular formula is C19H21FN2O2. The Morgan fingerprint density at radius 3 is 2.88 bits per heavy atom. The Balaban J connectivity index is 1.68. The van der Waals surface area contributed by atoms with Crippen LogP contribution >= 0.6 is 0 Å². The first-order valence-corrected chi connectivity index (χ1v) is 8.15. The van der Waals surface area contributed by atoms with E-state index in [4.69, 9.17) is 0 Å². The van der Waals surface area contributed by atoms with Gasteiger partial charge in [0.1, 0.15) is 11.4 Å². The summed E-state index contributed by atoms with van der Waals surface area (Å²) in [4.78, 5) is 26.4. The molecule has 0 bridgehead atoms. The molecule has 0 radical (unpaired) electrons. The van der Waals surface area contributed by atoms with Crippen LogP contribution in [0.2, 0.25) is 0 Å². The highest BCUT2D eigenvalue weighted by atomic mass is 19.1. The normalized spacial score (nSPS) is 17.3. The van der Waals surface area contributed by atoms with Crippen LogP contribution in [0.1, 0.15) is 27.9 Å². The molecular weight excluding hydrogens is 307 g/mol. The summed E-state index contributed by atoms with van der Waals surface area (Å²) in [6, 6.07) is 8.59. The number of amides is 1. The van der Waals surface area contributed by atoms with Gasteiger partial charge in [-0.05, 0) is 55.0 Å². The van der Waals surface area contributed by atoms with Gasteiger partial charge in [-0.1, -0.05) is 12.1 Å². The number of hydrogen-bond donors (Lipinski definition) is 0. The van der Waals surface area contributed by atoms with Gasteiger partial charge < -0.3 is 9.47 Å². The SMILES string of the molecule is Cc1ccc(CC2CCN(C(=O)c3cccn(C)c3=O)C2)cc1F. The Labute approximate surface area is 140 Å². The number of hydrogen-bond acceptors (Lipinski definition) is 2. The van der Waals surface area contributed by atoms with E-state index in [1.807, 2.05) is 6.07 Å². The van der Waals surface area contributed by atoms with Crippen molar-refractivity contribution in [2.24, 2.45) is 13.0 Å². The molecule has 1 amide bonds. The van der Waals surface area contributed by atoms with Crippen LogP contribution in [0, 0.1) is 18.7 Å². The van der Waals surface area contributed by atoms with Crippen molar-refractivity contribution in [3.63, 3.8) is 0 Å². The first kappa shape index (κ1) is 16.4. The third kappa shape index (κ3) is 3.25. The minimum absolute atomic E-state index is 0.189. The Hall–Kier alpha value is -2.43. The van der Waals surface area contributed by atoms with Gasteiger partial charge in [-0.15, -0.1) is 0 Å². The smallest absolute Gasteiger partial charge is 0.263 e. The standard InChI is InChI=1S/C19H21FN2O2/c1-13-5-6-14(11-17(13)20)10-15-7-9-22(12-15)19(24)16-4-3-8-21(2)18(16)23/h3-6,8,11,15H,7,9-10,12H2,1-2H3. The van der Waals surface area contributed by atoms with Gasteiger partial charge in [0, 0.05) is 26.3 Å². The topological polar surface area (TPSA) is 42.3 Å². The molecule has 3 rings (SSSR count). The lowest BCUT2D eigenvalue weighted by Crippen LogP contribution is -2.34. The van der Waals surface area contributed by atoms with Crippen molar-refractivity contribution in [2.75, 3.05) is 13.1 Å². The van der Waals surface area contributed by atoms with Crippen molar-refractivity contribution < 1.29 is 9.18 Å². The van der Waals surface area contributed by atoms with Gasteiger partial charge in [0.05, 0.1) is 0 Å². The molecule has 2 heterocycles. The lowest BCUT2D eigenvalue weighted by molar-refractivity contribution is 0.0784. The van der Waals surface area contributed by atoms with Crippen molar-refractivity contribution in [1.29, 1.82) is 0 Å². The lowest BCUT2D eigenvalue weighted by Gasteiger charge is -2.16. The second-order valence-corrected chi connectivity index (χ2v) is 6.53. The summed E-state index contributed by atoms with van der Waals surface area (Å²) < 4.78 is 15.1. The van der Waals surface area contributed by atoms with Gasteiger partial charge in [0.15, 0.2) is 0 Å². The molecule has 1 aliphatic rings. The number of carbonyl (C=O) groups is 1. The summed E-state index contributed by atoms with van der Waals surface area (Å²) in [7, 11) is 1.64. The van der Waals surface area contributed by atoms with Gasteiger partial charge in [-0.3, -0.25) is 9.59 Å². The third-order valence-electron chi connectivity index (χ3n) is 4.69. The molecule has 1 fully saturated rings. The molecule has 0 spiro atoms. The largest absolute Gasteiger partial charge is 0.338 e. The molecule has 1 aromatic heterocycles. The lowest BCUT2D eigenvalue weighted by atomic mass is 9.98. The zero-order valence-electron chi connectivity index (χ0n) is 14.0. The molecule has 1 saturated heterocycles. The van der Waals surface area contributed by atoms with E-state index in [2.05, 4.69) is 0 Å². The summed E-state index contributed by atoms with van der Waals surface area (Å²) in [5.41, 5.74) is 1.53. The van der Waals surface area contributed by atoms with E-state index in [9.17, 15) is 14.0 Å². The number of aromatic nitrogens is 1. The number of carbonyl (C=O) groups excluding carboxylic acids is 1. The van der Waals surface area contributed by atoms with Crippen molar-refractivity contribution in [3.05, 3.63) is 69.4 Å². The minimum Gasteiger partial charge on any atom is -0.338 e. The molecule has 5 heteroatoms. The first-order chi connectivity index (χ1) is 11.5. The summed E-state index contributed by atoms with van der Waals surface area (Å²) in [6.07, 6.45) is 3.25. The van der Waals surface area contributed by atoms with Crippen LogP contribution in [0.3, 0.4) is 0 Å². The van der Waals surface area contributed by atoms with Crippen LogP contribution in [-0.4, -0.2) is 28.5 Å². The van der Waals surface area contributed by atoms with Crippen LogP contribution in [0.4, 0.5) is 4.39 Å². The number of aryl methyl sites for hydroxylation is 2. The van der Waals surface area contributed by atoms with Crippen LogP contribution in [0.15, 0.2) is 41.3 Å². The van der Waals surface area contributed by atoms with Crippen molar-refractivity contribution in [2.45, 2.75) is 19.8 Å². The highest BCUT2D eigenvalue weighted by Crippen LogP contribution is 2.23. The number of likely N-dealkylation sites (tertiary alicyclic amines) is 1. The number of halogens is 1. The van der Waals surface area contributed by atoms with Crippen LogP contribution in [-0.2, 0) is 13.5 Å². The summed E-state index contributed by atoms with van der Waals surface area (Å²) in [5.74, 6) is -0.108. The maximum absolute atomic E-state index is 13.7. The van der Waals surface area contributed by atoms with Crippen LogP contribution < -0.4 is 5.56 Å². The highest BCUT2D eigenvalue weighted by Gasteiger charge is 2.28. The fraction of sp³-hybridized carbons (Fsp3) is 0.368. The van der Waals surface area contributed by atoms with E-state index in [0.29, 0.717) is 24.6 Å². The maximum atomic E-state index is 13.7. The Bertz CT molecular complexity index is 828. The molecule has 0 N–H and O–H groups in total. The van der Waals surface area contributed by atoms with Crippen molar-refractivity contribution in [3.8, 4) is 0 Å². The Morgan fingerprint density at radius 2 is 2.12 bits per heavy atom. The van der Waals surface area contributed by atoms with E-state index in [1.54, 1.807) is 49.3 Å². The Morgan fingerprint density at radius 1 is 1.33 bits per heavy atom. The molecule has 1 atom stereocenters. The van der Waals surface area contributed by atoms with E-state index >= 15 is 0 Å². The average Bonchev–Trinajstić information content (AvgIpc) is 3.01. The fourth-order valence-corrected chi connectivity index (χ4v) is 3.21. The average molecular weight is 328 g/mol. The van der Waals surface area contributed by atoms with Crippen LogP contribution in [0.5, 0.6) is 0 Å². The molecule has 4 nitrogen and oxygen atoms in total. The van der Waals surface area contributed by atoms with Crippen molar-refractivity contribution in [1.82, 2.24) is 9.47 Å². The zero-order valence-corrected chi connectivity index (χ0v) is 14.0. The van der Waals surface area contributed by atoms with Gasteiger partial charge >= 0.3 is 0 Å². The zero-order chi connectivity index (χ0) is 17.3. The minimum atomic E-state index is -0.272. The highest BCUT2D eigenvalue weighted by molar-refractivity contribution is 5.94. The summed E-state index contributed by atoms with van der Waals surface area (Å²) >= 11 is 0. The summed E-state index contributed by atoms with van der Waals surface area (Å²) in [6.45, 7) is 2.98. The van der Waals surface area contributed by atoms with E-state index in [-0.39, 0.29) is 22.8 Å². The molecule has 0 aliphatic carbocycles. The van der Waals surface area contributed by atoms with E-state index in [0.717, 1.165) is 18.4 Å². The number of nitrogens with zero attached hydrogens (tertiary/aromatic N) is 2. The molecule has 1 unspecified atom stereocenters. The number of benzene rings is 1. The number of rotatable bonds is 3. The molecule has 24 heavy (non-hydrogen) atoms. The third-order valence-corrected chi connectivity index (χ3v) is 4.69. The molecule has 0 saturated carbocycles. The molecule has 126 valence electrons. The Kier molecular flexibility index (Phi) is 4.51.